The first-order valence-electron chi connectivity index (χ1n) is 6.15. The summed E-state index contributed by atoms with van der Waals surface area (Å²) in [5.41, 5.74) is 7.39. The summed E-state index contributed by atoms with van der Waals surface area (Å²) in [6.07, 6.45) is 0. The van der Waals surface area contributed by atoms with Gasteiger partial charge in [-0.3, -0.25) is 0 Å². The zero-order valence-electron chi connectivity index (χ0n) is 10.3. The third-order valence-corrected chi connectivity index (χ3v) is 3.17. The number of hydrogen-bond acceptors (Lipinski definition) is 3. The number of fused-ring (bicyclic) bond motifs is 1. The van der Waals surface area contributed by atoms with Crippen molar-refractivity contribution < 1.29 is 13.9 Å². The molecule has 0 saturated heterocycles. The van der Waals surface area contributed by atoms with Crippen LogP contribution < -0.4 is 15.2 Å². The molecular weight excluding hydrogens is 245 g/mol. The third kappa shape index (κ3) is 2.27. The summed E-state index contributed by atoms with van der Waals surface area (Å²) in [4.78, 5) is 0. The van der Waals surface area contributed by atoms with E-state index in [-0.39, 0.29) is 5.82 Å². The molecule has 1 heterocycles. The molecule has 2 aromatic carbocycles. The van der Waals surface area contributed by atoms with Crippen LogP contribution in [0.5, 0.6) is 11.5 Å². The summed E-state index contributed by atoms with van der Waals surface area (Å²) in [5, 5.41) is 0. The van der Waals surface area contributed by atoms with Crippen LogP contribution >= 0.6 is 0 Å². The van der Waals surface area contributed by atoms with Crippen LogP contribution in [0.1, 0.15) is 17.2 Å². The monoisotopic (exact) mass is 259 g/mol. The van der Waals surface area contributed by atoms with E-state index in [2.05, 4.69) is 0 Å². The van der Waals surface area contributed by atoms with Crippen LogP contribution in [-0.2, 0) is 0 Å². The highest BCUT2D eigenvalue weighted by atomic mass is 19.1. The van der Waals surface area contributed by atoms with Gasteiger partial charge in [-0.25, -0.2) is 4.39 Å². The molecule has 0 aliphatic carbocycles. The number of ether oxygens (including phenoxy) is 2. The molecular formula is C15H14FNO2. The largest absolute Gasteiger partial charge is 0.486 e. The van der Waals surface area contributed by atoms with Crippen LogP contribution in [0.3, 0.4) is 0 Å². The highest BCUT2D eigenvalue weighted by Gasteiger charge is 2.17. The second kappa shape index (κ2) is 4.90. The van der Waals surface area contributed by atoms with Crippen LogP contribution in [0.15, 0.2) is 42.5 Å². The molecule has 2 N–H and O–H groups in total. The van der Waals surface area contributed by atoms with E-state index in [1.807, 2.05) is 18.2 Å². The molecule has 19 heavy (non-hydrogen) atoms. The molecule has 1 aliphatic rings. The van der Waals surface area contributed by atoms with Crippen molar-refractivity contribution in [2.45, 2.75) is 6.04 Å². The molecule has 0 saturated carbocycles. The standard InChI is InChI=1S/C15H14FNO2/c16-12-4-2-1-3-11(12)15(17)10-5-6-13-14(9-10)19-8-7-18-13/h1-6,9,15H,7-8,17H2. The Balaban J connectivity index is 1.96. The molecule has 1 atom stereocenters. The van der Waals surface area contributed by atoms with Gasteiger partial charge in [0.05, 0.1) is 6.04 Å². The van der Waals surface area contributed by atoms with Gasteiger partial charge < -0.3 is 15.2 Å². The van der Waals surface area contributed by atoms with Crippen LogP contribution in [-0.4, -0.2) is 13.2 Å². The average Bonchev–Trinajstić information content (AvgIpc) is 2.46. The van der Waals surface area contributed by atoms with Crippen molar-refractivity contribution in [2.75, 3.05) is 13.2 Å². The first kappa shape index (κ1) is 12.0. The van der Waals surface area contributed by atoms with E-state index < -0.39 is 6.04 Å². The van der Waals surface area contributed by atoms with Gasteiger partial charge in [0.2, 0.25) is 0 Å². The normalized spacial score (nSPS) is 15.1. The minimum atomic E-state index is -0.517. The highest BCUT2D eigenvalue weighted by molar-refractivity contribution is 5.46. The first-order valence-corrected chi connectivity index (χ1v) is 6.15. The predicted molar refractivity (Wildman–Crippen MR) is 69.9 cm³/mol. The Bertz CT molecular complexity index is 600. The van der Waals surface area contributed by atoms with Gasteiger partial charge in [0, 0.05) is 5.56 Å². The Morgan fingerprint density at radius 3 is 2.53 bits per heavy atom. The second-order valence-corrected chi connectivity index (χ2v) is 4.40. The van der Waals surface area contributed by atoms with E-state index in [1.165, 1.54) is 6.07 Å². The van der Waals surface area contributed by atoms with E-state index in [1.54, 1.807) is 18.2 Å². The van der Waals surface area contributed by atoms with Gasteiger partial charge >= 0.3 is 0 Å². The minimum Gasteiger partial charge on any atom is -0.486 e. The SMILES string of the molecule is NC(c1ccc2c(c1)OCCO2)c1ccccc1F. The molecule has 3 nitrogen and oxygen atoms in total. The average molecular weight is 259 g/mol. The summed E-state index contributed by atoms with van der Waals surface area (Å²) in [5.74, 6) is 1.07. The zero-order valence-corrected chi connectivity index (χ0v) is 10.3. The zero-order chi connectivity index (χ0) is 13.2. The van der Waals surface area contributed by atoms with Crippen LogP contribution in [0, 0.1) is 5.82 Å². The summed E-state index contributed by atoms with van der Waals surface area (Å²) in [7, 11) is 0. The van der Waals surface area contributed by atoms with Crippen molar-refractivity contribution in [2.24, 2.45) is 5.73 Å². The molecule has 2 aromatic rings. The molecule has 4 heteroatoms. The molecule has 0 fully saturated rings. The first-order chi connectivity index (χ1) is 9.25. The molecule has 1 unspecified atom stereocenters. The summed E-state index contributed by atoms with van der Waals surface area (Å²) >= 11 is 0. The molecule has 0 spiro atoms. The Hall–Kier alpha value is -2.07. The topological polar surface area (TPSA) is 44.5 Å². The molecule has 0 bridgehead atoms. The van der Waals surface area contributed by atoms with E-state index in [9.17, 15) is 4.39 Å². The van der Waals surface area contributed by atoms with Crippen LogP contribution in [0.2, 0.25) is 0 Å². The molecule has 98 valence electrons. The van der Waals surface area contributed by atoms with E-state index in [0.29, 0.717) is 30.3 Å². The van der Waals surface area contributed by atoms with Gasteiger partial charge in [-0.2, -0.15) is 0 Å². The minimum absolute atomic E-state index is 0.301. The van der Waals surface area contributed by atoms with Crippen molar-refractivity contribution >= 4 is 0 Å². The molecule has 1 aliphatic heterocycles. The third-order valence-electron chi connectivity index (χ3n) is 3.17. The number of hydrogen-bond donors (Lipinski definition) is 1. The van der Waals surface area contributed by atoms with Crippen LogP contribution in [0.25, 0.3) is 0 Å². The highest BCUT2D eigenvalue weighted by Crippen LogP contribution is 2.33. The van der Waals surface area contributed by atoms with E-state index in [0.717, 1.165) is 5.56 Å². The lowest BCUT2D eigenvalue weighted by molar-refractivity contribution is 0.171. The summed E-state index contributed by atoms with van der Waals surface area (Å²) in [6.45, 7) is 1.07. The molecule has 3 rings (SSSR count). The lowest BCUT2D eigenvalue weighted by Gasteiger charge is -2.20. The van der Waals surface area contributed by atoms with E-state index in [4.69, 9.17) is 15.2 Å². The fourth-order valence-electron chi connectivity index (χ4n) is 2.16. The summed E-state index contributed by atoms with van der Waals surface area (Å²) in [6, 6.07) is 11.5. The molecule has 0 aromatic heterocycles. The molecule has 0 amide bonds. The van der Waals surface area contributed by atoms with Gasteiger partial charge in [-0.1, -0.05) is 24.3 Å². The molecule has 0 radical (unpaired) electrons. The van der Waals surface area contributed by atoms with Crippen molar-refractivity contribution in [3.05, 3.63) is 59.4 Å². The van der Waals surface area contributed by atoms with Gasteiger partial charge in [0.1, 0.15) is 19.0 Å². The van der Waals surface area contributed by atoms with Gasteiger partial charge in [-0.05, 0) is 23.8 Å². The Morgan fingerprint density at radius 2 is 1.74 bits per heavy atom. The lowest BCUT2D eigenvalue weighted by Crippen LogP contribution is -2.17. The van der Waals surface area contributed by atoms with Crippen molar-refractivity contribution in [3.63, 3.8) is 0 Å². The quantitative estimate of drug-likeness (QED) is 0.901. The van der Waals surface area contributed by atoms with Crippen molar-refractivity contribution in [1.29, 1.82) is 0 Å². The Kier molecular flexibility index (Phi) is 3.09. The van der Waals surface area contributed by atoms with Crippen molar-refractivity contribution in [3.8, 4) is 11.5 Å². The number of rotatable bonds is 2. The lowest BCUT2D eigenvalue weighted by atomic mass is 9.98. The summed E-state index contributed by atoms with van der Waals surface area (Å²) < 4.78 is 24.7. The second-order valence-electron chi connectivity index (χ2n) is 4.40. The number of halogens is 1. The fraction of sp³-hybridized carbons (Fsp3) is 0.200. The van der Waals surface area contributed by atoms with Crippen molar-refractivity contribution in [1.82, 2.24) is 0 Å². The Labute approximate surface area is 110 Å². The van der Waals surface area contributed by atoms with Crippen LogP contribution in [0.4, 0.5) is 4.39 Å². The number of benzene rings is 2. The maximum atomic E-state index is 13.7. The Morgan fingerprint density at radius 1 is 1.00 bits per heavy atom. The van der Waals surface area contributed by atoms with Gasteiger partial charge in [-0.15, -0.1) is 0 Å². The smallest absolute Gasteiger partial charge is 0.161 e. The number of nitrogens with two attached hydrogens (primary N) is 1. The maximum Gasteiger partial charge on any atom is 0.161 e. The predicted octanol–water partition coefficient (Wildman–Crippen LogP) is 2.65. The fourth-order valence-corrected chi connectivity index (χ4v) is 2.16. The van der Waals surface area contributed by atoms with Gasteiger partial charge in [0.15, 0.2) is 11.5 Å². The van der Waals surface area contributed by atoms with Gasteiger partial charge in [0.25, 0.3) is 0 Å². The maximum absolute atomic E-state index is 13.7. The van der Waals surface area contributed by atoms with E-state index >= 15 is 0 Å².